The number of allylic oxidation sites excluding steroid dienone is 4. The van der Waals surface area contributed by atoms with Gasteiger partial charge in [-0.15, -0.1) is 0 Å². The number of hydrogen-bond donors (Lipinski definition) is 9. The molecule has 22 heteroatoms. The van der Waals surface area contributed by atoms with E-state index in [0.717, 1.165) is 0 Å². The molecule has 4 aliphatic carbocycles. The van der Waals surface area contributed by atoms with Crippen molar-refractivity contribution in [1.82, 2.24) is 16.1 Å². The SMILES string of the molecule is C[C@]12C=CC(=O)C=C1CC[C@H]1[C@@H]3C[C@@H](O)[C@](O)(C(=O)COC(=O)NC(COC(=O)OCCC(CON(O)O)ON(O)O)C(=O)O)[C@@]3(C)C[C@H](O)[C@@]12F. The Labute approximate surface area is 294 Å². The Hall–Kier alpha value is -3.68. The maximum Gasteiger partial charge on any atom is 0.508 e. The molecule has 0 aromatic carbocycles. The third-order valence-electron chi connectivity index (χ3n) is 10.9. The summed E-state index contributed by atoms with van der Waals surface area (Å²) < 4.78 is 31.5. The van der Waals surface area contributed by atoms with Crippen molar-refractivity contribution < 1.29 is 93.5 Å². The van der Waals surface area contributed by atoms with Gasteiger partial charge in [-0.2, -0.15) is 0 Å². The highest BCUT2D eigenvalue weighted by atomic mass is 19.1. The minimum Gasteiger partial charge on any atom is -0.480 e. The van der Waals surface area contributed by atoms with E-state index in [4.69, 9.17) is 25.6 Å². The number of aliphatic carboxylic acids is 1. The first-order chi connectivity index (χ1) is 24.2. The Morgan fingerprint density at radius 1 is 1.02 bits per heavy atom. The molecule has 21 nitrogen and oxygen atoms in total. The monoisotopic (exact) mass is 751 g/mol. The summed E-state index contributed by atoms with van der Waals surface area (Å²) >= 11 is 0. The molecule has 0 aliphatic heterocycles. The molecule has 1 amide bonds. The van der Waals surface area contributed by atoms with E-state index in [2.05, 4.69) is 19.1 Å². The van der Waals surface area contributed by atoms with Crippen molar-refractivity contribution in [3.63, 3.8) is 0 Å². The third kappa shape index (κ3) is 7.68. The Kier molecular flexibility index (Phi) is 12.4. The fourth-order valence-electron chi connectivity index (χ4n) is 8.24. The highest BCUT2D eigenvalue weighted by Crippen LogP contribution is 2.69. The minimum atomic E-state index is -2.62. The van der Waals surface area contributed by atoms with Gasteiger partial charge in [0.2, 0.25) is 5.78 Å². The molecule has 0 bridgehead atoms. The second kappa shape index (κ2) is 15.7. The van der Waals surface area contributed by atoms with Crippen molar-refractivity contribution >= 4 is 29.8 Å². The number of carboxylic acids is 1. The summed E-state index contributed by atoms with van der Waals surface area (Å²) in [5.41, 5.74) is -7.37. The van der Waals surface area contributed by atoms with Crippen LogP contribution in [0.3, 0.4) is 0 Å². The van der Waals surface area contributed by atoms with Crippen molar-refractivity contribution in [2.24, 2.45) is 22.7 Å². The van der Waals surface area contributed by atoms with Crippen LogP contribution in [0.25, 0.3) is 0 Å². The van der Waals surface area contributed by atoms with Crippen molar-refractivity contribution in [2.45, 2.75) is 81.6 Å². The van der Waals surface area contributed by atoms with Gasteiger partial charge < -0.3 is 40.0 Å². The molecule has 3 fully saturated rings. The van der Waals surface area contributed by atoms with E-state index in [1.807, 2.05) is 5.32 Å². The van der Waals surface area contributed by atoms with Crippen LogP contribution in [0, 0.1) is 22.7 Å². The Bertz CT molecular complexity index is 1460. The summed E-state index contributed by atoms with van der Waals surface area (Å²) in [6, 6.07) is -1.94. The molecule has 4 rings (SSSR count). The molecule has 3 saturated carbocycles. The number of carbonyl (C=O) groups excluding carboxylic acids is 4. The summed E-state index contributed by atoms with van der Waals surface area (Å²) in [7, 11) is 0. The zero-order valence-electron chi connectivity index (χ0n) is 28.0. The second-order valence-corrected chi connectivity index (χ2v) is 13.5. The molecule has 10 atom stereocenters. The molecular weight excluding hydrogens is 709 g/mol. The first-order valence-corrected chi connectivity index (χ1v) is 16.1. The first kappa shape index (κ1) is 41.1. The van der Waals surface area contributed by atoms with Gasteiger partial charge in [-0.1, -0.05) is 18.6 Å². The highest BCUT2D eigenvalue weighted by Gasteiger charge is 2.76. The standard InChI is InChI=1S/C30H42FN3O18/c1-27-7-5-16(35)9-15(27)3-4-18-19-10-21(36)30(43,28(19,2)11-22(37)29(18,27)31)23(38)14-49-25(41)32-20(24(39)40)13-50-26(42)48-8-6-17(52-34(46)47)12-51-33(44)45/h5,7,9,17-22,36-37,43-47H,3-4,6,8,10-14H2,1-2H3,(H,32,41)(H,39,40)/t17?,18-,19-,20?,21+,22-,27-,28-,29-,30-/m0/s1. The van der Waals surface area contributed by atoms with Crippen LogP contribution in [-0.2, 0) is 38.3 Å². The summed E-state index contributed by atoms with van der Waals surface area (Å²) in [5.74, 6) is -4.99. The lowest BCUT2D eigenvalue weighted by molar-refractivity contribution is -0.527. The molecule has 292 valence electrons. The normalized spacial score (nSPS) is 34.8. The van der Waals surface area contributed by atoms with Gasteiger partial charge in [0.05, 0.1) is 29.6 Å². The number of ether oxygens (including phenoxy) is 3. The van der Waals surface area contributed by atoms with Crippen LogP contribution in [0.4, 0.5) is 14.0 Å². The predicted octanol–water partition coefficient (Wildman–Crippen LogP) is -0.256. The smallest absolute Gasteiger partial charge is 0.480 e. The third-order valence-corrected chi connectivity index (χ3v) is 10.9. The highest BCUT2D eigenvalue weighted by molar-refractivity contribution is 6.01. The van der Waals surface area contributed by atoms with Crippen LogP contribution >= 0.6 is 0 Å². The molecule has 0 radical (unpaired) electrons. The largest absolute Gasteiger partial charge is 0.508 e. The number of fused-ring (bicyclic) bond motifs is 5. The quantitative estimate of drug-likeness (QED) is 0.0769. The van der Waals surface area contributed by atoms with Crippen molar-refractivity contribution in [3.05, 3.63) is 23.8 Å². The van der Waals surface area contributed by atoms with E-state index in [1.165, 1.54) is 25.2 Å². The number of halogens is 1. The summed E-state index contributed by atoms with van der Waals surface area (Å²) in [6.45, 7) is -0.405. The molecule has 2 unspecified atom stereocenters. The number of nitrogens with zero attached hydrogens (tertiary/aromatic N) is 2. The number of nitrogens with one attached hydrogen (secondary N) is 1. The lowest BCUT2D eigenvalue weighted by Gasteiger charge is -2.62. The summed E-state index contributed by atoms with van der Waals surface area (Å²) in [4.78, 5) is 70.3. The topological polar surface area (TPSA) is 312 Å². The van der Waals surface area contributed by atoms with Crippen molar-refractivity contribution in [2.75, 3.05) is 26.4 Å². The zero-order valence-corrected chi connectivity index (χ0v) is 28.0. The van der Waals surface area contributed by atoms with Gasteiger partial charge in [0.25, 0.3) is 0 Å². The van der Waals surface area contributed by atoms with Gasteiger partial charge in [0, 0.05) is 23.2 Å². The number of rotatable bonds is 15. The predicted molar refractivity (Wildman–Crippen MR) is 159 cm³/mol. The number of aliphatic hydroxyl groups excluding tert-OH is 2. The number of amides is 1. The van der Waals surface area contributed by atoms with Gasteiger partial charge in [-0.3, -0.25) is 30.4 Å². The van der Waals surface area contributed by atoms with E-state index in [9.17, 15) is 44.4 Å². The number of ketones is 2. The van der Waals surface area contributed by atoms with Gasteiger partial charge in [0.15, 0.2) is 29.7 Å². The Morgan fingerprint density at radius 2 is 1.71 bits per heavy atom. The number of hydrogen-bond acceptors (Lipinski definition) is 19. The van der Waals surface area contributed by atoms with E-state index in [1.54, 1.807) is 6.92 Å². The molecule has 0 aromatic heterocycles. The van der Waals surface area contributed by atoms with Gasteiger partial charge in [-0.25, -0.2) is 28.4 Å². The molecule has 0 spiro atoms. The van der Waals surface area contributed by atoms with Crippen LogP contribution in [0.5, 0.6) is 0 Å². The number of carboxylic acid groups (broad SMARTS) is 1. The van der Waals surface area contributed by atoms with Crippen LogP contribution in [0.1, 0.15) is 46.0 Å². The minimum absolute atomic E-state index is 0.155. The van der Waals surface area contributed by atoms with Gasteiger partial charge >= 0.3 is 18.2 Å². The maximum atomic E-state index is 17.3. The molecule has 0 saturated heterocycles. The summed E-state index contributed by atoms with van der Waals surface area (Å²) in [6.07, 6.45) is -4.33. The average Bonchev–Trinajstić information content (AvgIpc) is 3.26. The van der Waals surface area contributed by atoms with E-state index in [0.29, 0.717) is 12.0 Å². The zero-order chi connectivity index (χ0) is 38.8. The lowest BCUT2D eigenvalue weighted by Crippen LogP contribution is -2.69. The van der Waals surface area contributed by atoms with Crippen molar-refractivity contribution in [3.8, 4) is 0 Å². The van der Waals surface area contributed by atoms with E-state index >= 15 is 4.39 Å². The fourth-order valence-corrected chi connectivity index (χ4v) is 8.24. The molecule has 52 heavy (non-hydrogen) atoms. The van der Waals surface area contributed by atoms with E-state index < -0.39 is 126 Å². The molecule has 0 aromatic rings. The summed E-state index contributed by atoms with van der Waals surface area (Å²) in [5, 5.41) is 78.8. The lowest BCUT2D eigenvalue weighted by atomic mass is 9.44. The number of carbonyl (C=O) groups is 5. The molecular formula is C30H42FN3O18. The van der Waals surface area contributed by atoms with Gasteiger partial charge in [-0.05, 0) is 50.7 Å². The van der Waals surface area contributed by atoms with Crippen molar-refractivity contribution in [1.29, 1.82) is 0 Å². The maximum absolute atomic E-state index is 17.3. The van der Waals surface area contributed by atoms with Crippen LogP contribution in [0.15, 0.2) is 23.8 Å². The number of alkyl halides is 1. The van der Waals surface area contributed by atoms with Crippen LogP contribution in [0.2, 0.25) is 0 Å². The second-order valence-electron chi connectivity index (χ2n) is 13.5. The van der Waals surface area contributed by atoms with Crippen LogP contribution < -0.4 is 5.32 Å². The number of aliphatic hydroxyl groups is 3. The van der Waals surface area contributed by atoms with Gasteiger partial charge in [0.1, 0.15) is 19.3 Å². The fraction of sp³-hybridized carbons (Fsp3) is 0.700. The average molecular weight is 752 g/mol. The molecule has 9 N–H and O–H groups in total. The first-order valence-electron chi connectivity index (χ1n) is 16.1. The Balaban J connectivity index is 1.33. The Morgan fingerprint density at radius 3 is 2.35 bits per heavy atom. The van der Waals surface area contributed by atoms with E-state index in [-0.39, 0.29) is 25.0 Å². The molecule has 4 aliphatic rings. The van der Waals surface area contributed by atoms with Crippen LogP contribution in [-0.4, -0.2) is 144 Å². The molecule has 0 heterocycles. The number of alkyl carbamates (subject to hydrolysis) is 1. The number of Topliss-reactive ketones (excluding diaryl/α,β-unsaturated/α-hetero) is 1.